The van der Waals surface area contributed by atoms with E-state index in [0.29, 0.717) is 12.1 Å². The normalized spacial score (nSPS) is 13.2. The van der Waals surface area contributed by atoms with Crippen LogP contribution in [0.4, 0.5) is 41.2 Å². The highest BCUT2D eigenvalue weighted by Gasteiger charge is 2.73. The van der Waals surface area contributed by atoms with Crippen LogP contribution in [0.15, 0.2) is 24.3 Å². The van der Waals surface area contributed by atoms with Gasteiger partial charge in [-0.15, -0.1) is 0 Å². The van der Waals surface area contributed by atoms with Crippen molar-refractivity contribution in [2.75, 3.05) is 5.32 Å². The maximum Gasteiger partial charge on any atom is 0.435 e. The number of halogens is 7. The largest absolute Gasteiger partial charge is 0.435 e. The minimum atomic E-state index is -6.18. The van der Waals surface area contributed by atoms with E-state index >= 15 is 0 Å². The summed E-state index contributed by atoms with van der Waals surface area (Å²) in [5, 5.41) is 1.91. The number of rotatable bonds is 2. The fourth-order valence-corrected chi connectivity index (χ4v) is 1.41. The van der Waals surface area contributed by atoms with E-state index in [0.717, 1.165) is 0 Å². The molecule has 0 saturated heterocycles. The Labute approximate surface area is 107 Å². The van der Waals surface area contributed by atoms with Crippen LogP contribution in [-0.2, 0) is 5.67 Å². The van der Waals surface area contributed by atoms with Crippen LogP contribution in [-0.4, -0.2) is 18.4 Å². The highest BCUT2D eigenvalue weighted by Crippen LogP contribution is 2.53. The molecular formula is C10H7F7N2O. The minimum absolute atomic E-state index is 0.173. The van der Waals surface area contributed by atoms with Crippen LogP contribution in [0.2, 0.25) is 0 Å². The first kappa shape index (κ1) is 16.1. The van der Waals surface area contributed by atoms with E-state index in [9.17, 15) is 35.5 Å². The van der Waals surface area contributed by atoms with Crippen molar-refractivity contribution in [1.29, 1.82) is 0 Å². The number of carbonyl (C=O) groups excluding carboxylic acids is 1. The average Bonchev–Trinajstić information content (AvgIpc) is 2.25. The summed E-state index contributed by atoms with van der Waals surface area (Å²) in [6, 6.07) is 0.812. The fourth-order valence-electron chi connectivity index (χ4n) is 1.41. The SMILES string of the molecule is NC(=O)Nc1ccc(C(F)(C(F)(F)F)C(F)(F)F)cc1. The summed E-state index contributed by atoms with van der Waals surface area (Å²) in [6.45, 7) is 0. The number of hydrogen-bond donors (Lipinski definition) is 2. The lowest BCUT2D eigenvalue weighted by molar-refractivity contribution is -0.348. The van der Waals surface area contributed by atoms with Gasteiger partial charge in [-0.2, -0.15) is 26.3 Å². The molecule has 1 aromatic rings. The van der Waals surface area contributed by atoms with Gasteiger partial charge < -0.3 is 11.1 Å². The van der Waals surface area contributed by atoms with Crippen molar-refractivity contribution in [2.24, 2.45) is 5.73 Å². The number of urea groups is 1. The van der Waals surface area contributed by atoms with Crippen LogP contribution >= 0.6 is 0 Å². The second-order valence-electron chi connectivity index (χ2n) is 3.72. The monoisotopic (exact) mass is 304 g/mol. The molecule has 0 radical (unpaired) electrons. The lowest BCUT2D eigenvalue weighted by atomic mass is 9.94. The molecule has 0 aliphatic rings. The number of nitrogens with two attached hydrogens (primary N) is 1. The summed E-state index contributed by atoms with van der Waals surface area (Å²) in [5.74, 6) is 0. The number of benzene rings is 1. The molecule has 10 heteroatoms. The summed E-state index contributed by atoms with van der Waals surface area (Å²) in [4.78, 5) is 10.4. The van der Waals surface area contributed by atoms with Gasteiger partial charge in [0.05, 0.1) is 0 Å². The second-order valence-corrected chi connectivity index (χ2v) is 3.72. The van der Waals surface area contributed by atoms with Crippen LogP contribution in [0.1, 0.15) is 5.56 Å². The first-order valence-electron chi connectivity index (χ1n) is 4.89. The third-order valence-electron chi connectivity index (χ3n) is 2.33. The maximum atomic E-state index is 13.6. The lowest BCUT2D eigenvalue weighted by Gasteiger charge is -2.30. The van der Waals surface area contributed by atoms with Gasteiger partial charge in [-0.05, 0) is 12.1 Å². The second kappa shape index (κ2) is 4.84. The number of anilines is 1. The molecule has 2 amide bonds. The lowest BCUT2D eigenvalue weighted by Crippen LogP contribution is -2.50. The van der Waals surface area contributed by atoms with Crippen LogP contribution in [0, 0.1) is 0 Å². The smallest absolute Gasteiger partial charge is 0.351 e. The molecule has 0 aliphatic carbocycles. The van der Waals surface area contributed by atoms with Crippen LogP contribution in [0.3, 0.4) is 0 Å². The molecule has 3 N–H and O–H groups in total. The van der Waals surface area contributed by atoms with E-state index in [1.807, 2.05) is 5.32 Å². The Balaban J connectivity index is 3.27. The van der Waals surface area contributed by atoms with Crippen molar-refractivity contribution in [3.05, 3.63) is 29.8 Å². The maximum absolute atomic E-state index is 13.6. The van der Waals surface area contributed by atoms with Crippen molar-refractivity contribution in [1.82, 2.24) is 0 Å². The molecule has 20 heavy (non-hydrogen) atoms. The van der Waals surface area contributed by atoms with Crippen LogP contribution in [0.25, 0.3) is 0 Å². The number of primary amides is 1. The van der Waals surface area contributed by atoms with E-state index < -0.39 is 29.6 Å². The summed E-state index contributed by atoms with van der Waals surface area (Å²) >= 11 is 0. The molecule has 1 rings (SSSR count). The van der Waals surface area contributed by atoms with Gasteiger partial charge in [-0.1, -0.05) is 12.1 Å². The van der Waals surface area contributed by atoms with Gasteiger partial charge in [0, 0.05) is 11.3 Å². The highest BCUT2D eigenvalue weighted by atomic mass is 19.4. The summed E-state index contributed by atoms with van der Waals surface area (Å²) in [6.07, 6.45) is -12.4. The highest BCUT2D eigenvalue weighted by molar-refractivity contribution is 5.87. The molecule has 0 spiro atoms. The molecule has 0 saturated carbocycles. The molecule has 0 heterocycles. The van der Waals surface area contributed by atoms with Gasteiger partial charge in [0.25, 0.3) is 0 Å². The van der Waals surface area contributed by atoms with E-state index in [-0.39, 0.29) is 17.8 Å². The molecule has 1 aromatic carbocycles. The van der Waals surface area contributed by atoms with Crippen LogP contribution < -0.4 is 11.1 Å². The molecule has 0 unspecified atom stereocenters. The topological polar surface area (TPSA) is 55.1 Å². The summed E-state index contributed by atoms with van der Waals surface area (Å²) in [5.41, 5.74) is -2.61. The number of hydrogen-bond acceptors (Lipinski definition) is 1. The van der Waals surface area contributed by atoms with Crippen LogP contribution in [0.5, 0.6) is 0 Å². The van der Waals surface area contributed by atoms with Gasteiger partial charge in [0.2, 0.25) is 0 Å². The number of nitrogens with one attached hydrogen (secondary N) is 1. The molecule has 112 valence electrons. The van der Waals surface area contributed by atoms with Gasteiger partial charge in [-0.3, -0.25) is 0 Å². The van der Waals surface area contributed by atoms with E-state index in [1.54, 1.807) is 0 Å². The van der Waals surface area contributed by atoms with E-state index in [4.69, 9.17) is 5.73 Å². The fraction of sp³-hybridized carbons (Fsp3) is 0.300. The van der Waals surface area contributed by atoms with Gasteiger partial charge in [0.1, 0.15) is 0 Å². The average molecular weight is 304 g/mol. The molecule has 0 aromatic heterocycles. The van der Waals surface area contributed by atoms with E-state index in [2.05, 4.69) is 0 Å². The zero-order chi connectivity index (χ0) is 15.8. The molecule has 3 nitrogen and oxygen atoms in total. The van der Waals surface area contributed by atoms with E-state index in [1.165, 1.54) is 0 Å². The van der Waals surface area contributed by atoms with Gasteiger partial charge >= 0.3 is 24.1 Å². The first-order chi connectivity index (χ1) is 8.89. The quantitative estimate of drug-likeness (QED) is 0.808. The predicted molar refractivity (Wildman–Crippen MR) is 54.5 cm³/mol. The van der Waals surface area contributed by atoms with Crippen molar-refractivity contribution < 1.29 is 35.5 Å². The Hall–Kier alpha value is -2.00. The molecule has 0 bridgehead atoms. The van der Waals surface area contributed by atoms with Crippen molar-refractivity contribution in [2.45, 2.75) is 18.0 Å². The minimum Gasteiger partial charge on any atom is -0.351 e. The van der Waals surface area contributed by atoms with Gasteiger partial charge in [0.15, 0.2) is 0 Å². The Morgan fingerprint density at radius 3 is 1.60 bits per heavy atom. The number of alkyl halides is 7. The van der Waals surface area contributed by atoms with Gasteiger partial charge in [-0.25, -0.2) is 9.18 Å². The Bertz CT molecular complexity index is 478. The zero-order valence-electron chi connectivity index (χ0n) is 9.44. The molecule has 0 fully saturated rings. The Kier molecular flexibility index (Phi) is 3.88. The molecule has 0 atom stereocenters. The molecule has 0 aliphatic heterocycles. The van der Waals surface area contributed by atoms with Crippen molar-refractivity contribution in [3.8, 4) is 0 Å². The molecular weight excluding hydrogens is 297 g/mol. The Morgan fingerprint density at radius 1 is 0.900 bits per heavy atom. The first-order valence-corrected chi connectivity index (χ1v) is 4.89. The summed E-state index contributed by atoms with van der Waals surface area (Å²) < 4.78 is 88.0. The number of carbonyl (C=O) groups is 1. The zero-order valence-corrected chi connectivity index (χ0v) is 9.44. The summed E-state index contributed by atoms with van der Waals surface area (Å²) in [7, 11) is 0. The van der Waals surface area contributed by atoms with Crippen molar-refractivity contribution >= 4 is 11.7 Å². The van der Waals surface area contributed by atoms with Crippen molar-refractivity contribution in [3.63, 3.8) is 0 Å². The standard InChI is InChI=1S/C10H7F7N2O/c11-8(9(12,13)14,10(15,16)17)5-1-3-6(4-2-5)19-7(18)20/h1-4H,(H3,18,19,20). The third-order valence-corrected chi connectivity index (χ3v) is 2.33. The predicted octanol–water partition coefficient (Wildman–Crippen LogP) is 3.47. The third kappa shape index (κ3) is 2.78. The number of amides is 2. The Morgan fingerprint density at radius 2 is 1.30 bits per heavy atom.